The van der Waals surface area contributed by atoms with E-state index >= 15 is 0 Å². The molecule has 2 aliphatic rings. The predicted octanol–water partition coefficient (Wildman–Crippen LogP) is -0.533. The molecule has 0 radical (unpaired) electrons. The third kappa shape index (κ3) is 2.27. The quantitative estimate of drug-likeness (QED) is 0.642. The number of hydrogen-bond donors (Lipinski definition) is 1. The summed E-state index contributed by atoms with van der Waals surface area (Å²) in [5, 5.41) is 3.37. The maximum absolute atomic E-state index is 11.3. The van der Waals surface area contributed by atoms with E-state index in [4.69, 9.17) is 0 Å². The lowest BCUT2D eigenvalue weighted by Crippen LogP contribution is -2.53. The molecular formula is C9H18N2O2S. The van der Waals surface area contributed by atoms with Gasteiger partial charge in [-0.1, -0.05) is 0 Å². The highest BCUT2D eigenvalue weighted by Gasteiger charge is 2.33. The Hall–Kier alpha value is -0.130. The van der Waals surface area contributed by atoms with Crippen molar-refractivity contribution in [1.29, 1.82) is 0 Å². The van der Waals surface area contributed by atoms with Crippen LogP contribution in [0.5, 0.6) is 0 Å². The van der Waals surface area contributed by atoms with Gasteiger partial charge in [0.1, 0.15) is 0 Å². The third-order valence-corrected chi connectivity index (χ3v) is 4.88. The minimum absolute atomic E-state index is 0.282. The van der Waals surface area contributed by atoms with Crippen LogP contribution in [-0.4, -0.2) is 56.5 Å². The molecule has 1 N–H and O–H groups in total. The first kappa shape index (κ1) is 10.4. The first-order chi connectivity index (χ1) is 6.57. The topological polar surface area (TPSA) is 49.4 Å². The van der Waals surface area contributed by atoms with E-state index in [1.165, 1.54) is 0 Å². The average molecular weight is 218 g/mol. The number of sulfone groups is 1. The molecule has 2 fully saturated rings. The summed E-state index contributed by atoms with van der Waals surface area (Å²) >= 11 is 0. The monoisotopic (exact) mass is 218 g/mol. The van der Waals surface area contributed by atoms with Gasteiger partial charge in [0.15, 0.2) is 9.84 Å². The predicted molar refractivity (Wildman–Crippen MR) is 56.1 cm³/mol. The van der Waals surface area contributed by atoms with Crippen LogP contribution in [-0.2, 0) is 9.84 Å². The van der Waals surface area contributed by atoms with Crippen molar-refractivity contribution in [2.75, 3.05) is 31.1 Å². The Bertz CT molecular complexity index is 302. The van der Waals surface area contributed by atoms with Crippen molar-refractivity contribution in [1.82, 2.24) is 10.2 Å². The molecule has 4 nitrogen and oxygen atoms in total. The van der Waals surface area contributed by atoms with Gasteiger partial charge in [-0.15, -0.1) is 0 Å². The number of nitrogens with zero attached hydrogens (tertiary/aromatic N) is 1. The summed E-state index contributed by atoms with van der Waals surface area (Å²) in [6.45, 7) is 5.11. The van der Waals surface area contributed by atoms with Gasteiger partial charge in [0, 0.05) is 31.7 Å². The van der Waals surface area contributed by atoms with Gasteiger partial charge in [-0.2, -0.15) is 0 Å². The van der Waals surface area contributed by atoms with E-state index < -0.39 is 9.84 Å². The van der Waals surface area contributed by atoms with E-state index in [0.29, 0.717) is 17.5 Å². The summed E-state index contributed by atoms with van der Waals surface area (Å²) in [7, 11) is -2.72. The van der Waals surface area contributed by atoms with Gasteiger partial charge in [-0.25, -0.2) is 8.42 Å². The molecule has 0 aliphatic carbocycles. The van der Waals surface area contributed by atoms with E-state index in [2.05, 4.69) is 17.1 Å². The molecule has 1 unspecified atom stereocenters. The summed E-state index contributed by atoms with van der Waals surface area (Å²) in [6.07, 6.45) is 0.828. The Labute approximate surface area is 85.6 Å². The van der Waals surface area contributed by atoms with Crippen molar-refractivity contribution in [2.24, 2.45) is 0 Å². The zero-order valence-electron chi connectivity index (χ0n) is 8.57. The van der Waals surface area contributed by atoms with E-state index in [0.717, 1.165) is 26.1 Å². The fraction of sp³-hybridized carbons (Fsp3) is 1.00. The zero-order chi connectivity index (χ0) is 10.2. The summed E-state index contributed by atoms with van der Waals surface area (Å²) < 4.78 is 22.6. The van der Waals surface area contributed by atoms with E-state index in [1.807, 2.05) is 0 Å². The molecule has 0 saturated carbocycles. The van der Waals surface area contributed by atoms with E-state index in [9.17, 15) is 8.42 Å². The Balaban J connectivity index is 1.96. The minimum Gasteiger partial charge on any atom is -0.312 e. The average Bonchev–Trinajstić information content (AvgIpc) is 2.46. The number of rotatable bonds is 1. The van der Waals surface area contributed by atoms with Crippen LogP contribution in [0.15, 0.2) is 0 Å². The molecule has 0 aromatic carbocycles. The summed E-state index contributed by atoms with van der Waals surface area (Å²) in [4.78, 5) is 2.33. The number of nitrogens with one attached hydrogen (secondary N) is 1. The molecule has 0 bridgehead atoms. The number of piperazine rings is 1. The van der Waals surface area contributed by atoms with Gasteiger partial charge in [-0.05, 0) is 13.3 Å². The van der Waals surface area contributed by atoms with Crippen LogP contribution in [0.25, 0.3) is 0 Å². The van der Waals surface area contributed by atoms with Gasteiger partial charge >= 0.3 is 0 Å². The van der Waals surface area contributed by atoms with Crippen molar-refractivity contribution < 1.29 is 8.42 Å². The van der Waals surface area contributed by atoms with Crippen LogP contribution in [0.4, 0.5) is 0 Å². The first-order valence-electron chi connectivity index (χ1n) is 5.25. The van der Waals surface area contributed by atoms with Crippen LogP contribution < -0.4 is 5.32 Å². The molecule has 2 saturated heterocycles. The molecule has 0 aromatic heterocycles. The first-order valence-corrected chi connectivity index (χ1v) is 7.07. The highest BCUT2D eigenvalue weighted by Crippen LogP contribution is 2.18. The fourth-order valence-electron chi connectivity index (χ4n) is 2.36. The molecule has 14 heavy (non-hydrogen) atoms. The lowest BCUT2D eigenvalue weighted by atomic mass is 10.1. The van der Waals surface area contributed by atoms with Gasteiger partial charge in [0.05, 0.1) is 11.5 Å². The lowest BCUT2D eigenvalue weighted by molar-refractivity contribution is 0.161. The second-order valence-corrected chi connectivity index (χ2v) is 6.64. The zero-order valence-corrected chi connectivity index (χ0v) is 9.39. The molecule has 2 rings (SSSR count). The summed E-state index contributed by atoms with van der Waals surface area (Å²) in [5.41, 5.74) is 0. The molecular weight excluding hydrogens is 200 g/mol. The van der Waals surface area contributed by atoms with E-state index in [1.54, 1.807) is 0 Å². The van der Waals surface area contributed by atoms with Crippen molar-refractivity contribution in [3.8, 4) is 0 Å². The largest absolute Gasteiger partial charge is 0.312 e. The summed E-state index contributed by atoms with van der Waals surface area (Å²) in [6, 6.07) is 0.775. The Morgan fingerprint density at radius 3 is 2.79 bits per heavy atom. The Kier molecular flexibility index (Phi) is 2.81. The molecule has 2 aliphatic heterocycles. The van der Waals surface area contributed by atoms with Crippen molar-refractivity contribution in [2.45, 2.75) is 25.4 Å². The normalized spacial score (nSPS) is 38.6. The smallest absolute Gasteiger partial charge is 0.151 e. The standard InChI is InChI=1S/C9H18N2O2S/c1-8-6-11(4-3-10-8)9-2-5-14(12,13)7-9/h8-10H,2-7H2,1H3/t8-,9?/m0/s1. The molecule has 2 heterocycles. The fourth-order valence-corrected chi connectivity index (χ4v) is 4.12. The van der Waals surface area contributed by atoms with E-state index in [-0.39, 0.29) is 6.04 Å². The van der Waals surface area contributed by atoms with Crippen LogP contribution in [0.3, 0.4) is 0 Å². The van der Waals surface area contributed by atoms with Crippen LogP contribution in [0, 0.1) is 0 Å². The van der Waals surface area contributed by atoms with Crippen molar-refractivity contribution in [3.63, 3.8) is 0 Å². The Morgan fingerprint density at radius 1 is 1.43 bits per heavy atom. The van der Waals surface area contributed by atoms with Gasteiger partial charge in [0.2, 0.25) is 0 Å². The number of hydrogen-bond acceptors (Lipinski definition) is 4. The second-order valence-electron chi connectivity index (χ2n) is 4.41. The molecule has 0 amide bonds. The summed E-state index contributed by atoms with van der Waals surface area (Å²) in [5.74, 6) is 0.760. The maximum Gasteiger partial charge on any atom is 0.151 e. The Morgan fingerprint density at radius 2 is 2.21 bits per heavy atom. The lowest BCUT2D eigenvalue weighted by Gasteiger charge is -2.35. The third-order valence-electron chi connectivity index (χ3n) is 3.12. The van der Waals surface area contributed by atoms with Gasteiger partial charge in [0.25, 0.3) is 0 Å². The minimum atomic E-state index is -2.72. The highest BCUT2D eigenvalue weighted by molar-refractivity contribution is 7.91. The van der Waals surface area contributed by atoms with Crippen LogP contribution in [0.1, 0.15) is 13.3 Å². The SMILES string of the molecule is C[C@H]1CN(C2CCS(=O)(=O)C2)CCN1. The van der Waals surface area contributed by atoms with Crippen molar-refractivity contribution in [3.05, 3.63) is 0 Å². The maximum atomic E-state index is 11.3. The van der Waals surface area contributed by atoms with Gasteiger partial charge < -0.3 is 5.32 Å². The van der Waals surface area contributed by atoms with Crippen LogP contribution >= 0.6 is 0 Å². The second kappa shape index (κ2) is 3.79. The molecule has 2 atom stereocenters. The molecule has 0 spiro atoms. The molecule has 82 valence electrons. The highest BCUT2D eigenvalue weighted by atomic mass is 32.2. The van der Waals surface area contributed by atoms with Gasteiger partial charge in [-0.3, -0.25) is 4.90 Å². The van der Waals surface area contributed by atoms with Crippen LogP contribution in [0.2, 0.25) is 0 Å². The van der Waals surface area contributed by atoms with Crippen molar-refractivity contribution >= 4 is 9.84 Å². The molecule has 0 aromatic rings. The molecule has 5 heteroatoms.